The van der Waals surface area contributed by atoms with Crippen LogP contribution in [0.4, 0.5) is 11.6 Å². The molecule has 6 aromatic rings. The van der Waals surface area contributed by atoms with Crippen molar-refractivity contribution in [3.05, 3.63) is 70.3 Å². The van der Waals surface area contributed by atoms with Crippen LogP contribution in [0.1, 0.15) is 67.9 Å². The van der Waals surface area contributed by atoms with Crippen molar-refractivity contribution in [1.82, 2.24) is 24.8 Å². The van der Waals surface area contributed by atoms with Gasteiger partial charge in [0, 0.05) is 49.0 Å². The van der Waals surface area contributed by atoms with Crippen molar-refractivity contribution in [2.45, 2.75) is 70.3 Å². The summed E-state index contributed by atoms with van der Waals surface area (Å²) >= 11 is 0. The molecule has 2 aromatic heterocycles. The van der Waals surface area contributed by atoms with Gasteiger partial charge in [-0.2, -0.15) is 4.98 Å². The molecule has 0 spiro atoms. The van der Waals surface area contributed by atoms with Crippen LogP contribution < -0.4 is 21.9 Å². The van der Waals surface area contributed by atoms with Gasteiger partial charge in [0.15, 0.2) is 16.9 Å². The van der Waals surface area contributed by atoms with Gasteiger partial charge in [0.1, 0.15) is 18.2 Å². The lowest BCUT2D eigenvalue weighted by molar-refractivity contribution is -0.120. The van der Waals surface area contributed by atoms with Crippen LogP contribution >= 0.6 is 0 Å². The monoisotopic (exact) mass is 679 g/mol. The Morgan fingerprint density at radius 1 is 0.980 bits per heavy atom. The molecule has 3 atom stereocenters. The van der Waals surface area contributed by atoms with E-state index in [1.165, 1.54) is 0 Å². The van der Waals surface area contributed by atoms with Gasteiger partial charge in [0.25, 0.3) is 5.56 Å². The van der Waals surface area contributed by atoms with E-state index in [1.54, 1.807) is 11.5 Å². The summed E-state index contributed by atoms with van der Waals surface area (Å²) in [6, 6.07) is 16.3. The van der Waals surface area contributed by atoms with Gasteiger partial charge < -0.3 is 31.3 Å². The fourth-order valence-corrected chi connectivity index (χ4v) is 7.21. The lowest BCUT2D eigenvalue weighted by Gasteiger charge is -2.17. The second kappa shape index (κ2) is 14.0. The Bertz CT molecular complexity index is 2260. The molecule has 4 aromatic carbocycles. The molecule has 260 valence electrons. The van der Waals surface area contributed by atoms with Gasteiger partial charge in [-0.25, -0.2) is 4.98 Å². The molecule has 13 heteroatoms. The number of benzene rings is 4. The number of aryl methyl sites for hydroxylation is 1. The molecule has 1 saturated heterocycles. The summed E-state index contributed by atoms with van der Waals surface area (Å²) in [5, 5.41) is 32.7. The van der Waals surface area contributed by atoms with E-state index in [0.29, 0.717) is 31.8 Å². The average molecular weight is 680 g/mol. The number of carbonyl (C=O) groups excluding carboxylic acids is 2. The number of fused-ring (bicyclic) bond motifs is 1. The highest BCUT2D eigenvalue weighted by atomic mass is 16.5. The van der Waals surface area contributed by atoms with Crippen molar-refractivity contribution in [3.8, 4) is 0 Å². The number of aromatic nitrogens is 4. The van der Waals surface area contributed by atoms with Gasteiger partial charge in [0.05, 0.1) is 12.7 Å². The lowest BCUT2D eigenvalue weighted by Crippen LogP contribution is -2.26. The molecule has 0 bridgehead atoms. The number of nitrogens with zero attached hydrogens (tertiary/aromatic N) is 3. The van der Waals surface area contributed by atoms with Crippen molar-refractivity contribution < 1.29 is 24.5 Å². The maximum atomic E-state index is 12.6. The zero-order chi connectivity index (χ0) is 34.9. The first kappa shape index (κ1) is 33.4. The summed E-state index contributed by atoms with van der Waals surface area (Å²) in [6.45, 7) is 2.33. The van der Waals surface area contributed by atoms with Crippen LogP contribution in [0.2, 0.25) is 0 Å². The molecule has 1 aliphatic heterocycles. The number of amides is 1. The van der Waals surface area contributed by atoms with Crippen molar-refractivity contribution in [2.75, 3.05) is 30.7 Å². The number of ketones is 1. The smallest absolute Gasteiger partial charge is 0.280 e. The molecule has 0 aliphatic carbocycles. The Labute approximate surface area is 287 Å². The normalized spacial score (nSPS) is 17.8. The van der Waals surface area contributed by atoms with Crippen LogP contribution in [0.3, 0.4) is 0 Å². The van der Waals surface area contributed by atoms with Crippen LogP contribution in [0, 0.1) is 0 Å². The van der Waals surface area contributed by atoms with E-state index in [4.69, 9.17) is 10.5 Å². The second-order valence-corrected chi connectivity index (χ2v) is 13.0. The van der Waals surface area contributed by atoms with Crippen LogP contribution in [-0.4, -0.2) is 73.3 Å². The fraction of sp³-hybridized carbons (Fsp3) is 0.378. The van der Waals surface area contributed by atoms with Gasteiger partial charge in [-0.1, -0.05) is 55.3 Å². The van der Waals surface area contributed by atoms with E-state index in [1.807, 2.05) is 24.3 Å². The molecule has 1 amide bonds. The number of imidazole rings is 1. The Morgan fingerprint density at radius 3 is 2.46 bits per heavy atom. The van der Waals surface area contributed by atoms with Crippen molar-refractivity contribution in [2.24, 2.45) is 0 Å². The van der Waals surface area contributed by atoms with E-state index in [2.05, 4.69) is 49.9 Å². The number of nitrogens with one attached hydrogen (secondary N) is 3. The summed E-state index contributed by atoms with van der Waals surface area (Å²) in [4.78, 5) is 48.7. The number of rotatable bonds is 14. The van der Waals surface area contributed by atoms with Crippen LogP contribution in [0.15, 0.2) is 53.3 Å². The van der Waals surface area contributed by atoms with Crippen molar-refractivity contribution >= 4 is 66.8 Å². The molecule has 3 heterocycles. The third-order valence-corrected chi connectivity index (χ3v) is 9.67. The van der Waals surface area contributed by atoms with Crippen molar-refractivity contribution in [1.29, 1.82) is 0 Å². The van der Waals surface area contributed by atoms with E-state index >= 15 is 0 Å². The number of hydrogen-bond donors (Lipinski definition) is 6. The number of nitrogens with two attached hydrogens (primary N) is 1. The van der Waals surface area contributed by atoms with E-state index in [-0.39, 0.29) is 41.8 Å². The minimum absolute atomic E-state index is 0.0213. The molecule has 7 rings (SSSR count). The largest absolute Gasteiger partial charge is 0.394 e. The summed E-state index contributed by atoms with van der Waals surface area (Å²) < 4.78 is 7.57. The first-order valence-corrected chi connectivity index (χ1v) is 17.2. The Morgan fingerprint density at radius 2 is 1.70 bits per heavy atom. The highest BCUT2D eigenvalue weighted by Gasteiger charge is 2.36. The van der Waals surface area contributed by atoms with E-state index in [0.717, 1.165) is 69.3 Å². The Balaban J connectivity index is 0.892. The lowest BCUT2D eigenvalue weighted by atomic mass is 9.90. The predicted octanol–water partition coefficient (Wildman–Crippen LogP) is 4.16. The molecule has 0 unspecified atom stereocenters. The molecule has 1 aliphatic rings. The van der Waals surface area contributed by atoms with Gasteiger partial charge in [-0.3, -0.25) is 23.9 Å². The molecule has 1 fully saturated rings. The zero-order valence-corrected chi connectivity index (χ0v) is 27.9. The SMILES string of the molecule is CC(=O)c1ccc2ccc3c(NCCC(=O)NCCCCCCc4nc5c(=O)[nH]c(N)nc5n4[C@H]4C[C@H](O)[C@@H](CO)O4)ccc4ccc1c2c43. The number of aliphatic hydroxyl groups excluding tert-OH is 2. The van der Waals surface area contributed by atoms with Crippen LogP contribution in [0.5, 0.6) is 0 Å². The average Bonchev–Trinajstić information content (AvgIpc) is 3.66. The van der Waals surface area contributed by atoms with E-state index < -0.39 is 24.0 Å². The van der Waals surface area contributed by atoms with Crippen LogP contribution in [0.25, 0.3) is 43.5 Å². The van der Waals surface area contributed by atoms with Gasteiger partial charge in [-0.15, -0.1) is 0 Å². The maximum Gasteiger partial charge on any atom is 0.280 e. The summed E-state index contributed by atoms with van der Waals surface area (Å²) in [5.41, 5.74) is 7.47. The number of Topliss-reactive ketones (excluding diaryl/α,β-unsaturated/α-hetero) is 1. The zero-order valence-electron chi connectivity index (χ0n) is 27.9. The van der Waals surface area contributed by atoms with Gasteiger partial charge in [-0.05, 0) is 52.8 Å². The Hall–Kier alpha value is -5.11. The summed E-state index contributed by atoms with van der Waals surface area (Å²) in [6.07, 6.45) is 2.27. The third kappa shape index (κ3) is 6.35. The quantitative estimate of drug-likeness (QED) is 0.0552. The predicted molar refractivity (Wildman–Crippen MR) is 193 cm³/mol. The number of nitrogen functional groups attached to an aromatic ring is 1. The molecule has 50 heavy (non-hydrogen) atoms. The highest BCUT2D eigenvalue weighted by molar-refractivity contribution is 6.28. The highest BCUT2D eigenvalue weighted by Crippen LogP contribution is 2.39. The third-order valence-electron chi connectivity index (χ3n) is 9.67. The molecule has 0 radical (unpaired) electrons. The number of aliphatic hydroxyl groups is 2. The fourth-order valence-electron chi connectivity index (χ4n) is 7.21. The molecular formula is C37H41N7O6. The summed E-state index contributed by atoms with van der Waals surface area (Å²) in [7, 11) is 0. The molecular weight excluding hydrogens is 638 g/mol. The second-order valence-electron chi connectivity index (χ2n) is 13.0. The number of aromatic amines is 1. The molecule has 13 nitrogen and oxygen atoms in total. The number of H-pyrrole nitrogens is 1. The first-order chi connectivity index (χ1) is 24.2. The topological polar surface area (TPSA) is 197 Å². The number of ether oxygens (including phenoxy) is 1. The molecule has 0 saturated carbocycles. The number of unbranched alkanes of at least 4 members (excludes halogenated alkanes) is 3. The standard InChI is InChI=1S/C37H41N7O6/c1-20(46)23-11-7-21-9-13-25-26(14-10-22-8-12-24(23)32(21)33(22)25)39-17-15-30(48)40-16-5-3-2-4-6-29-41-34-35(42-37(38)43-36(34)49)44(29)31-18-27(47)28(19-45)50-31/h7-14,27-28,31,39,45,47H,2-6,15-19H2,1H3,(H,40,48)(H3,38,42,43,49)/t27-,28+,31+/m0/s1. The summed E-state index contributed by atoms with van der Waals surface area (Å²) in [5.74, 6) is 0.586. The first-order valence-electron chi connectivity index (χ1n) is 17.2. The number of carbonyl (C=O) groups is 2. The van der Waals surface area contributed by atoms with E-state index in [9.17, 15) is 24.6 Å². The van der Waals surface area contributed by atoms with Gasteiger partial charge >= 0.3 is 0 Å². The minimum Gasteiger partial charge on any atom is -0.394 e. The minimum atomic E-state index is -0.851. The van der Waals surface area contributed by atoms with Crippen LogP contribution in [-0.2, 0) is 16.0 Å². The van der Waals surface area contributed by atoms with Crippen molar-refractivity contribution in [3.63, 3.8) is 0 Å². The number of hydrogen-bond acceptors (Lipinski definition) is 10. The maximum absolute atomic E-state index is 12.6. The Kier molecular flexibility index (Phi) is 9.36. The molecule has 7 N–H and O–H groups in total. The number of anilines is 2. The van der Waals surface area contributed by atoms with Gasteiger partial charge in [0.2, 0.25) is 11.9 Å².